The first-order valence-electron chi connectivity index (χ1n) is 9.40. The van der Waals surface area contributed by atoms with Crippen LogP contribution in [-0.4, -0.2) is 38.0 Å². The first kappa shape index (κ1) is 21.3. The van der Waals surface area contributed by atoms with Crippen LogP contribution in [0.1, 0.15) is 42.4 Å². The summed E-state index contributed by atoms with van der Waals surface area (Å²) in [6.07, 6.45) is -1.93. The number of nitrogens with zero attached hydrogens (tertiary/aromatic N) is 4. The highest BCUT2D eigenvalue weighted by atomic mass is 79.9. The van der Waals surface area contributed by atoms with E-state index in [4.69, 9.17) is 0 Å². The van der Waals surface area contributed by atoms with Crippen molar-refractivity contribution in [3.8, 4) is 11.3 Å². The highest BCUT2D eigenvalue weighted by molar-refractivity contribution is 9.11. The smallest absolute Gasteiger partial charge is 0.335 e. The van der Waals surface area contributed by atoms with Crippen LogP contribution in [0.2, 0.25) is 0 Å². The molecule has 5 nitrogen and oxygen atoms in total. The molecule has 1 fully saturated rings. The number of amides is 1. The Balaban J connectivity index is 1.88. The topological polar surface area (TPSA) is 50.5 Å². The maximum absolute atomic E-state index is 13.8. The number of fused-ring (bicyclic) bond motifs is 1. The van der Waals surface area contributed by atoms with Crippen LogP contribution in [0.5, 0.6) is 0 Å². The SMILES string of the molecule is C[C@H]1CCCCN1C(=O)c1nn2c(C(F)(F)F)cc(-c3ccc(Br)cc3)nc2c1Br. The van der Waals surface area contributed by atoms with E-state index in [1.54, 1.807) is 29.2 Å². The van der Waals surface area contributed by atoms with E-state index in [1.807, 2.05) is 6.92 Å². The Labute approximate surface area is 187 Å². The molecule has 0 aliphatic carbocycles. The van der Waals surface area contributed by atoms with Gasteiger partial charge in [-0.1, -0.05) is 28.1 Å². The number of piperidine rings is 1. The molecule has 0 saturated carbocycles. The highest BCUT2D eigenvalue weighted by Crippen LogP contribution is 2.35. The lowest BCUT2D eigenvalue weighted by Gasteiger charge is -2.32. The number of hydrogen-bond donors (Lipinski definition) is 0. The van der Waals surface area contributed by atoms with Gasteiger partial charge >= 0.3 is 6.18 Å². The van der Waals surface area contributed by atoms with E-state index in [1.165, 1.54) is 0 Å². The molecule has 2 aromatic heterocycles. The van der Waals surface area contributed by atoms with Crippen molar-refractivity contribution in [2.75, 3.05) is 6.54 Å². The number of halogens is 5. The summed E-state index contributed by atoms with van der Waals surface area (Å²) >= 11 is 6.60. The lowest BCUT2D eigenvalue weighted by atomic mass is 10.0. The molecule has 1 aromatic carbocycles. The van der Waals surface area contributed by atoms with Crippen LogP contribution in [0.15, 0.2) is 39.3 Å². The van der Waals surface area contributed by atoms with Gasteiger partial charge in [0.2, 0.25) is 0 Å². The summed E-state index contributed by atoms with van der Waals surface area (Å²) in [7, 11) is 0. The van der Waals surface area contributed by atoms with Crippen molar-refractivity contribution >= 4 is 43.4 Å². The molecule has 1 aliphatic heterocycles. The van der Waals surface area contributed by atoms with Crippen molar-refractivity contribution in [1.29, 1.82) is 0 Å². The van der Waals surface area contributed by atoms with Crippen LogP contribution >= 0.6 is 31.9 Å². The van der Waals surface area contributed by atoms with Gasteiger partial charge in [-0.05, 0) is 60.3 Å². The van der Waals surface area contributed by atoms with E-state index in [-0.39, 0.29) is 27.5 Å². The van der Waals surface area contributed by atoms with Gasteiger partial charge < -0.3 is 4.90 Å². The van der Waals surface area contributed by atoms with Crippen molar-refractivity contribution in [1.82, 2.24) is 19.5 Å². The van der Waals surface area contributed by atoms with Gasteiger partial charge in [0, 0.05) is 22.6 Å². The summed E-state index contributed by atoms with van der Waals surface area (Å²) in [5.74, 6) is -0.391. The van der Waals surface area contributed by atoms with Crippen LogP contribution in [0.3, 0.4) is 0 Å². The quantitative estimate of drug-likeness (QED) is 0.399. The van der Waals surface area contributed by atoms with Crippen molar-refractivity contribution in [3.63, 3.8) is 0 Å². The maximum Gasteiger partial charge on any atom is 0.433 e. The number of hydrogen-bond acceptors (Lipinski definition) is 3. The normalized spacial score (nSPS) is 17.5. The van der Waals surface area contributed by atoms with Crippen molar-refractivity contribution in [3.05, 3.63) is 50.7 Å². The molecule has 3 aromatic rings. The number of likely N-dealkylation sites (tertiary alicyclic amines) is 1. The summed E-state index contributed by atoms with van der Waals surface area (Å²) in [6.45, 7) is 2.50. The van der Waals surface area contributed by atoms with E-state index in [9.17, 15) is 18.0 Å². The van der Waals surface area contributed by atoms with Crippen LogP contribution in [0, 0.1) is 0 Å². The van der Waals surface area contributed by atoms with Crippen LogP contribution in [0.25, 0.3) is 16.9 Å². The van der Waals surface area contributed by atoms with E-state index in [0.717, 1.165) is 29.8 Å². The largest absolute Gasteiger partial charge is 0.433 e. The average Bonchev–Trinajstić information content (AvgIpc) is 3.03. The Hall–Kier alpha value is -1.94. The standard InChI is InChI=1S/C20H17Br2F3N4O/c1-11-4-2-3-9-28(11)19(30)17-16(22)18-26-14(12-5-7-13(21)8-6-12)10-15(20(23,24)25)29(18)27-17/h5-8,10-11H,2-4,9H2,1H3/t11-/m0/s1. The highest BCUT2D eigenvalue weighted by Gasteiger charge is 2.37. The van der Waals surface area contributed by atoms with Gasteiger partial charge in [-0.15, -0.1) is 0 Å². The van der Waals surface area contributed by atoms with E-state index < -0.39 is 17.8 Å². The third-order valence-electron chi connectivity index (χ3n) is 5.23. The lowest BCUT2D eigenvalue weighted by Crippen LogP contribution is -2.42. The number of aromatic nitrogens is 3. The summed E-state index contributed by atoms with van der Waals surface area (Å²) in [6, 6.07) is 7.77. The third-order valence-corrected chi connectivity index (χ3v) is 6.49. The number of alkyl halides is 3. The second-order valence-corrected chi connectivity index (χ2v) is 8.98. The molecule has 4 rings (SSSR count). The molecule has 158 valence electrons. The number of benzene rings is 1. The van der Waals surface area contributed by atoms with Crippen molar-refractivity contribution in [2.24, 2.45) is 0 Å². The van der Waals surface area contributed by atoms with Gasteiger partial charge in [-0.2, -0.15) is 18.3 Å². The fraction of sp³-hybridized carbons (Fsp3) is 0.350. The first-order chi connectivity index (χ1) is 14.2. The molecule has 1 aliphatic rings. The summed E-state index contributed by atoms with van der Waals surface area (Å²) < 4.78 is 43.2. The molecule has 1 saturated heterocycles. The summed E-state index contributed by atoms with van der Waals surface area (Å²) in [5, 5.41) is 4.03. The first-order valence-corrected chi connectivity index (χ1v) is 11.0. The van der Waals surface area contributed by atoms with Gasteiger partial charge in [0.25, 0.3) is 5.91 Å². The van der Waals surface area contributed by atoms with Gasteiger partial charge in [0.05, 0.1) is 10.2 Å². The van der Waals surface area contributed by atoms with Gasteiger partial charge in [0.15, 0.2) is 17.0 Å². The Morgan fingerprint density at radius 1 is 1.17 bits per heavy atom. The molecule has 1 atom stereocenters. The van der Waals surface area contributed by atoms with Crippen molar-refractivity contribution in [2.45, 2.75) is 38.4 Å². The van der Waals surface area contributed by atoms with Crippen LogP contribution in [0.4, 0.5) is 13.2 Å². The third kappa shape index (κ3) is 3.87. The molecular formula is C20H17Br2F3N4O. The minimum Gasteiger partial charge on any atom is -0.335 e. The zero-order valence-corrected chi connectivity index (χ0v) is 19.1. The van der Waals surface area contributed by atoms with Gasteiger partial charge in [-0.25, -0.2) is 9.50 Å². The molecule has 0 N–H and O–H groups in total. The lowest BCUT2D eigenvalue weighted by molar-refractivity contribution is -0.142. The number of carbonyl (C=O) groups excluding carboxylic acids is 1. The van der Waals surface area contributed by atoms with Crippen molar-refractivity contribution < 1.29 is 18.0 Å². The summed E-state index contributed by atoms with van der Waals surface area (Å²) in [4.78, 5) is 19.1. The predicted octanol–water partition coefficient (Wildman–Crippen LogP) is 5.95. The fourth-order valence-electron chi connectivity index (χ4n) is 3.63. The minimum atomic E-state index is -4.67. The summed E-state index contributed by atoms with van der Waals surface area (Å²) in [5.41, 5.74) is -0.424. The molecule has 0 spiro atoms. The second kappa shape index (κ2) is 7.96. The Kier molecular flexibility index (Phi) is 5.65. The average molecular weight is 546 g/mol. The molecular weight excluding hydrogens is 529 g/mol. The Morgan fingerprint density at radius 2 is 1.87 bits per heavy atom. The van der Waals surface area contributed by atoms with Gasteiger partial charge in [-0.3, -0.25) is 4.79 Å². The minimum absolute atomic E-state index is 0.0105. The second-order valence-electron chi connectivity index (χ2n) is 7.27. The van der Waals surface area contributed by atoms with Crippen LogP contribution < -0.4 is 0 Å². The monoisotopic (exact) mass is 544 g/mol. The maximum atomic E-state index is 13.8. The molecule has 0 bridgehead atoms. The molecule has 30 heavy (non-hydrogen) atoms. The number of carbonyl (C=O) groups is 1. The zero-order valence-electron chi connectivity index (χ0n) is 15.9. The molecule has 10 heteroatoms. The molecule has 3 heterocycles. The Bertz CT molecular complexity index is 1110. The molecule has 0 unspecified atom stereocenters. The Morgan fingerprint density at radius 3 is 2.50 bits per heavy atom. The predicted molar refractivity (Wildman–Crippen MR) is 113 cm³/mol. The number of rotatable bonds is 2. The van der Waals surface area contributed by atoms with E-state index in [2.05, 4.69) is 41.9 Å². The van der Waals surface area contributed by atoms with E-state index >= 15 is 0 Å². The molecule has 0 radical (unpaired) electrons. The van der Waals surface area contributed by atoms with Gasteiger partial charge in [0.1, 0.15) is 0 Å². The zero-order chi connectivity index (χ0) is 21.6. The molecule has 1 amide bonds. The van der Waals surface area contributed by atoms with Crippen LogP contribution in [-0.2, 0) is 6.18 Å². The van der Waals surface area contributed by atoms with E-state index in [0.29, 0.717) is 16.6 Å². The fourth-order valence-corrected chi connectivity index (χ4v) is 4.40.